The summed E-state index contributed by atoms with van der Waals surface area (Å²) in [5, 5.41) is 5.04. The van der Waals surface area contributed by atoms with Gasteiger partial charge in [-0.1, -0.05) is 215 Å². The minimum absolute atomic E-state index is 0.101. The number of hydrogen-bond acceptors (Lipinski definition) is 1. The predicted molar refractivity (Wildman–Crippen MR) is 260 cm³/mol. The molecule has 0 aromatic heterocycles. The highest BCUT2D eigenvalue weighted by atomic mass is 15.2. The topological polar surface area (TPSA) is 3.24 Å². The van der Waals surface area contributed by atoms with Crippen molar-refractivity contribution in [1.29, 1.82) is 0 Å². The second-order valence-electron chi connectivity index (χ2n) is 17.3. The van der Waals surface area contributed by atoms with Crippen LogP contribution in [0.25, 0.3) is 71.6 Å². The lowest BCUT2D eigenvalue weighted by molar-refractivity contribution is 0.660. The molecule has 1 unspecified atom stereocenters. The van der Waals surface area contributed by atoms with Gasteiger partial charge in [-0.25, -0.2) is 0 Å². The fourth-order valence-electron chi connectivity index (χ4n) is 10.3. The molecule has 0 fully saturated rings. The van der Waals surface area contributed by atoms with Crippen molar-refractivity contribution in [2.24, 2.45) is 5.92 Å². The number of hydrogen-bond donors (Lipinski definition) is 0. The van der Waals surface area contributed by atoms with Crippen molar-refractivity contribution < 1.29 is 0 Å². The van der Waals surface area contributed by atoms with Gasteiger partial charge in [-0.05, 0) is 108 Å². The quantitative estimate of drug-likeness (QED) is 0.156. The number of allylic oxidation sites excluding steroid dienone is 3. The molecule has 0 spiro atoms. The Morgan fingerprint density at radius 1 is 0.459 bits per heavy atom. The summed E-state index contributed by atoms with van der Waals surface area (Å²) in [6, 6.07) is 74.0. The maximum Gasteiger partial charge on any atom is 0.0540 e. The number of rotatable bonds is 7. The first-order valence-electron chi connectivity index (χ1n) is 21.7. The number of nitrogens with zero attached hydrogens (tertiary/aromatic N) is 1. The van der Waals surface area contributed by atoms with Gasteiger partial charge in [0.05, 0.1) is 5.69 Å². The zero-order valence-corrected chi connectivity index (χ0v) is 34.9. The largest absolute Gasteiger partial charge is 0.310 e. The molecule has 9 aromatic carbocycles. The van der Waals surface area contributed by atoms with Gasteiger partial charge in [0.1, 0.15) is 0 Å². The molecule has 0 aliphatic heterocycles. The molecule has 292 valence electrons. The highest BCUT2D eigenvalue weighted by Crippen LogP contribution is 2.54. The highest BCUT2D eigenvalue weighted by Gasteiger charge is 2.37. The van der Waals surface area contributed by atoms with Crippen LogP contribution in [0.1, 0.15) is 43.9 Å². The SMILES string of the molecule is CC1C=C(N(c2ccc(-c3cccc4ccccc34)cc2)c2ccccc2-c2cccc3c2-c2ccccc2C3(C)C)C(c2cccc3cccc(-c4ccccc4)c23)=CC1. The Hall–Kier alpha value is -7.22. The number of para-hydroxylation sites is 1. The second-order valence-corrected chi connectivity index (χ2v) is 17.3. The lowest BCUT2D eigenvalue weighted by Gasteiger charge is -2.35. The van der Waals surface area contributed by atoms with Crippen LogP contribution in [0.5, 0.6) is 0 Å². The van der Waals surface area contributed by atoms with Crippen molar-refractivity contribution in [2.45, 2.75) is 32.6 Å². The van der Waals surface area contributed by atoms with E-state index in [1.165, 1.54) is 94.0 Å². The van der Waals surface area contributed by atoms with E-state index in [-0.39, 0.29) is 5.41 Å². The molecule has 1 atom stereocenters. The first-order valence-corrected chi connectivity index (χ1v) is 21.7. The van der Waals surface area contributed by atoms with Crippen molar-refractivity contribution in [2.75, 3.05) is 4.90 Å². The summed E-state index contributed by atoms with van der Waals surface area (Å²) in [6.07, 6.45) is 5.98. The Kier molecular flexibility index (Phi) is 8.94. The van der Waals surface area contributed by atoms with E-state index in [0.717, 1.165) is 17.8 Å². The number of fused-ring (bicyclic) bond motifs is 5. The molecule has 11 rings (SSSR count). The van der Waals surface area contributed by atoms with E-state index in [4.69, 9.17) is 0 Å². The molecule has 0 N–H and O–H groups in total. The van der Waals surface area contributed by atoms with Crippen LogP contribution in [-0.4, -0.2) is 0 Å². The zero-order chi connectivity index (χ0) is 41.1. The standard InChI is InChI=1S/C60H47N/c1-40-33-38-50(51-28-15-22-44-21-14-27-48(58(44)51)42-17-5-4-6-18-42)57(39-40)61(45-36-34-43(35-37-45)47-26-13-20-41-19-7-8-23-46(41)47)56-32-12-10-24-49(56)52-29-16-31-55-59(52)53-25-9-11-30-54(53)60(55,2)3/h4-32,34-40H,33H2,1-3H3. The summed E-state index contributed by atoms with van der Waals surface area (Å²) in [5.74, 6) is 0.348. The molecule has 0 saturated heterocycles. The van der Waals surface area contributed by atoms with Gasteiger partial charge < -0.3 is 4.90 Å². The summed E-state index contributed by atoms with van der Waals surface area (Å²) in [5.41, 5.74) is 18.7. The summed E-state index contributed by atoms with van der Waals surface area (Å²) in [4.78, 5) is 2.55. The summed E-state index contributed by atoms with van der Waals surface area (Å²) >= 11 is 0. The lowest BCUT2D eigenvalue weighted by Crippen LogP contribution is -2.21. The third kappa shape index (κ3) is 6.15. The second kappa shape index (κ2) is 14.8. The van der Waals surface area contributed by atoms with Crippen molar-refractivity contribution in [3.8, 4) is 44.5 Å². The number of benzene rings is 9. The van der Waals surface area contributed by atoms with E-state index in [1.807, 2.05) is 0 Å². The Balaban J connectivity index is 1.15. The van der Waals surface area contributed by atoms with Crippen molar-refractivity contribution >= 4 is 38.5 Å². The van der Waals surface area contributed by atoms with Crippen LogP contribution in [0.3, 0.4) is 0 Å². The number of anilines is 2. The molecule has 1 heteroatoms. The third-order valence-corrected chi connectivity index (χ3v) is 13.2. The monoisotopic (exact) mass is 781 g/mol. The van der Waals surface area contributed by atoms with Crippen molar-refractivity contribution in [3.63, 3.8) is 0 Å². The molecule has 0 amide bonds. The Morgan fingerprint density at radius 3 is 1.85 bits per heavy atom. The normalized spacial score (nSPS) is 15.2. The van der Waals surface area contributed by atoms with E-state index < -0.39 is 0 Å². The van der Waals surface area contributed by atoms with E-state index in [1.54, 1.807) is 0 Å². The van der Waals surface area contributed by atoms with Gasteiger partial charge in [0.15, 0.2) is 0 Å². The maximum atomic E-state index is 2.55. The minimum atomic E-state index is -0.101. The van der Waals surface area contributed by atoms with E-state index in [0.29, 0.717) is 5.92 Å². The molecule has 0 bridgehead atoms. The Bertz CT molecular complexity index is 3190. The van der Waals surface area contributed by atoms with Crippen LogP contribution >= 0.6 is 0 Å². The molecule has 2 aliphatic rings. The van der Waals surface area contributed by atoms with Gasteiger partial charge in [0.25, 0.3) is 0 Å². The molecule has 1 nitrogen and oxygen atoms in total. The average molecular weight is 782 g/mol. The van der Waals surface area contributed by atoms with E-state index in [9.17, 15) is 0 Å². The zero-order valence-electron chi connectivity index (χ0n) is 34.9. The van der Waals surface area contributed by atoms with Crippen molar-refractivity contribution in [3.05, 3.63) is 235 Å². The smallest absolute Gasteiger partial charge is 0.0540 e. The minimum Gasteiger partial charge on any atom is -0.310 e. The van der Waals surface area contributed by atoms with Crippen LogP contribution < -0.4 is 4.90 Å². The molecule has 0 saturated carbocycles. The van der Waals surface area contributed by atoms with Crippen LogP contribution in [-0.2, 0) is 5.41 Å². The van der Waals surface area contributed by atoms with Crippen LogP contribution in [0.4, 0.5) is 11.4 Å². The Labute approximate surface area is 359 Å². The first kappa shape index (κ1) is 36.8. The van der Waals surface area contributed by atoms with Gasteiger partial charge in [-0.2, -0.15) is 0 Å². The molecule has 2 aliphatic carbocycles. The summed E-state index contributed by atoms with van der Waals surface area (Å²) in [7, 11) is 0. The lowest BCUT2D eigenvalue weighted by atomic mass is 9.82. The van der Waals surface area contributed by atoms with Crippen molar-refractivity contribution in [1.82, 2.24) is 0 Å². The fraction of sp³-hybridized carbons (Fsp3) is 0.100. The fourth-order valence-corrected chi connectivity index (χ4v) is 10.3. The highest BCUT2D eigenvalue weighted by molar-refractivity contribution is 6.08. The van der Waals surface area contributed by atoms with Crippen LogP contribution in [0.15, 0.2) is 218 Å². The van der Waals surface area contributed by atoms with E-state index >= 15 is 0 Å². The summed E-state index contributed by atoms with van der Waals surface area (Å²) < 4.78 is 0. The third-order valence-electron chi connectivity index (χ3n) is 13.2. The summed E-state index contributed by atoms with van der Waals surface area (Å²) in [6.45, 7) is 7.09. The predicted octanol–water partition coefficient (Wildman–Crippen LogP) is 16.4. The maximum absolute atomic E-state index is 2.55. The van der Waals surface area contributed by atoms with Gasteiger partial charge in [0.2, 0.25) is 0 Å². The van der Waals surface area contributed by atoms with Gasteiger partial charge >= 0.3 is 0 Å². The Morgan fingerprint density at radius 2 is 1.03 bits per heavy atom. The van der Waals surface area contributed by atoms with Gasteiger partial charge in [0, 0.05) is 27.9 Å². The molecular formula is C60H47N. The molecule has 0 radical (unpaired) electrons. The average Bonchev–Trinajstić information content (AvgIpc) is 3.55. The van der Waals surface area contributed by atoms with E-state index in [2.05, 4.69) is 238 Å². The van der Waals surface area contributed by atoms with Gasteiger partial charge in [-0.15, -0.1) is 0 Å². The first-order chi connectivity index (χ1) is 30.0. The van der Waals surface area contributed by atoms with Crippen LogP contribution in [0.2, 0.25) is 0 Å². The molecule has 9 aromatic rings. The van der Waals surface area contributed by atoms with Crippen LogP contribution in [0, 0.1) is 5.92 Å². The molecule has 0 heterocycles. The molecular weight excluding hydrogens is 735 g/mol. The molecule has 61 heavy (non-hydrogen) atoms. The van der Waals surface area contributed by atoms with Gasteiger partial charge in [-0.3, -0.25) is 0 Å².